The zero-order valence-corrected chi connectivity index (χ0v) is 13.1. The minimum absolute atomic E-state index is 0.0137. The monoisotopic (exact) mass is 310 g/mol. The van der Waals surface area contributed by atoms with Gasteiger partial charge in [0.1, 0.15) is 0 Å². The molecule has 0 saturated heterocycles. The number of halogens is 1. The van der Waals surface area contributed by atoms with E-state index in [2.05, 4.69) is 11.9 Å². The molecule has 0 bridgehead atoms. The maximum atomic E-state index is 12.4. The third kappa shape index (κ3) is 4.49. The van der Waals surface area contributed by atoms with Gasteiger partial charge < -0.3 is 15.3 Å². The van der Waals surface area contributed by atoms with E-state index in [1.54, 1.807) is 11.0 Å². The molecule has 1 aromatic carbocycles. The van der Waals surface area contributed by atoms with Gasteiger partial charge in [-0.05, 0) is 39.0 Å². The van der Waals surface area contributed by atoms with Crippen molar-refractivity contribution in [1.82, 2.24) is 4.90 Å². The fraction of sp³-hybridized carbons (Fsp3) is 0.333. The van der Waals surface area contributed by atoms with Crippen LogP contribution in [0.5, 0.6) is 0 Å². The number of carboxylic acids is 1. The molecule has 0 aliphatic heterocycles. The average molecular weight is 311 g/mol. The second-order valence-corrected chi connectivity index (χ2v) is 5.93. The van der Waals surface area contributed by atoms with Crippen LogP contribution in [0.3, 0.4) is 0 Å². The zero-order valence-electron chi connectivity index (χ0n) is 12.3. The lowest BCUT2D eigenvalue weighted by molar-refractivity contribution is 0.0698. The fourth-order valence-electron chi connectivity index (χ4n) is 1.78. The number of amides is 2. The Bertz CT molecular complexity index is 565. The predicted octanol–water partition coefficient (Wildman–Crippen LogP) is 3.86. The minimum atomic E-state index is -1.13. The summed E-state index contributed by atoms with van der Waals surface area (Å²) >= 11 is 5.86. The Morgan fingerprint density at radius 1 is 1.43 bits per heavy atom. The van der Waals surface area contributed by atoms with Crippen LogP contribution in [0.2, 0.25) is 5.02 Å². The molecule has 1 aromatic rings. The lowest BCUT2D eigenvalue weighted by Gasteiger charge is -2.35. The summed E-state index contributed by atoms with van der Waals surface area (Å²) in [6, 6.07) is 3.82. The summed E-state index contributed by atoms with van der Waals surface area (Å²) in [5.74, 6) is -1.13. The number of nitrogens with one attached hydrogen (secondary N) is 1. The predicted molar refractivity (Wildman–Crippen MR) is 84.1 cm³/mol. The highest BCUT2D eigenvalue weighted by Crippen LogP contribution is 2.23. The van der Waals surface area contributed by atoms with Crippen molar-refractivity contribution in [2.45, 2.75) is 26.3 Å². The van der Waals surface area contributed by atoms with Crippen LogP contribution in [0.4, 0.5) is 10.5 Å². The van der Waals surface area contributed by atoms with E-state index in [4.69, 9.17) is 16.7 Å². The molecule has 0 aliphatic rings. The molecule has 0 radical (unpaired) electrons. The van der Waals surface area contributed by atoms with Crippen molar-refractivity contribution in [1.29, 1.82) is 0 Å². The molecule has 0 saturated carbocycles. The topological polar surface area (TPSA) is 69.6 Å². The van der Waals surface area contributed by atoms with Gasteiger partial charge in [-0.1, -0.05) is 17.7 Å². The van der Waals surface area contributed by atoms with E-state index in [1.165, 1.54) is 18.2 Å². The van der Waals surface area contributed by atoms with Crippen LogP contribution in [-0.4, -0.2) is 34.1 Å². The first-order chi connectivity index (χ1) is 9.66. The van der Waals surface area contributed by atoms with Crippen molar-refractivity contribution in [3.8, 4) is 0 Å². The number of aromatic carboxylic acids is 1. The SMILES string of the molecule is C=CCN(C(=O)Nc1cc(Cl)ccc1C(=O)O)C(C)(C)C. The van der Waals surface area contributed by atoms with Gasteiger partial charge in [0.15, 0.2) is 0 Å². The van der Waals surface area contributed by atoms with Crippen molar-refractivity contribution >= 4 is 29.3 Å². The van der Waals surface area contributed by atoms with E-state index in [1.807, 2.05) is 20.8 Å². The highest BCUT2D eigenvalue weighted by molar-refractivity contribution is 6.31. The molecular formula is C15H19ClN2O3. The standard InChI is InChI=1S/C15H19ClN2O3/c1-5-8-18(15(2,3)4)14(21)17-12-9-10(16)6-7-11(12)13(19)20/h5-7,9H,1,8H2,2-4H3,(H,17,21)(H,19,20). The molecule has 5 nitrogen and oxygen atoms in total. The van der Waals surface area contributed by atoms with Gasteiger partial charge in [0.2, 0.25) is 0 Å². The number of rotatable bonds is 4. The maximum Gasteiger partial charge on any atom is 0.337 e. The zero-order chi connectivity index (χ0) is 16.2. The maximum absolute atomic E-state index is 12.4. The summed E-state index contributed by atoms with van der Waals surface area (Å²) in [6.45, 7) is 9.62. The highest BCUT2D eigenvalue weighted by Gasteiger charge is 2.26. The number of nitrogens with zero attached hydrogens (tertiary/aromatic N) is 1. The lowest BCUT2D eigenvalue weighted by atomic mass is 10.1. The van der Waals surface area contributed by atoms with Gasteiger partial charge in [0.05, 0.1) is 11.3 Å². The Morgan fingerprint density at radius 2 is 2.05 bits per heavy atom. The molecule has 1 rings (SSSR count). The number of benzene rings is 1. The number of carbonyl (C=O) groups excluding carboxylic acids is 1. The number of hydrogen-bond donors (Lipinski definition) is 2. The molecule has 0 spiro atoms. The number of anilines is 1. The van der Waals surface area contributed by atoms with Gasteiger partial charge in [-0.25, -0.2) is 9.59 Å². The number of carboxylic acid groups (broad SMARTS) is 1. The van der Waals surface area contributed by atoms with Gasteiger partial charge >= 0.3 is 12.0 Å². The largest absolute Gasteiger partial charge is 0.478 e. The summed E-state index contributed by atoms with van der Waals surface area (Å²) in [6.07, 6.45) is 1.61. The average Bonchev–Trinajstić information content (AvgIpc) is 2.33. The molecule has 0 aliphatic carbocycles. The third-order valence-electron chi connectivity index (χ3n) is 2.82. The summed E-state index contributed by atoms with van der Waals surface area (Å²) in [4.78, 5) is 25.1. The summed E-state index contributed by atoms with van der Waals surface area (Å²) < 4.78 is 0. The van der Waals surface area contributed by atoms with Crippen LogP contribution in [0.15, 0.2) is 30.9 Å². The van der Waals surface area contributed by atoms with Crippen molar-refractivity contribution in [3.05, 3.63) is 41.4 Å². The van der Waals surface area contributed by atoms with Gasteiger partial charge in [-0.15, -0.1) is 6.58 Å². The molecule has 2 N–H and O–H groups in total. The second-order valence-electron chi connectivity index (χ2n) is 5.50. The molecule has 0 atom stereocenters. The molecule has 0 unspecified atom stereocenters. The van der Waals surface area contributed by atoms with E-state index in [0.717, 1.165) is 0 Å². The lowest BCUT2D eigenvalue weighted by Crippen LogP contribution is -2.47. The van der Waals surface area contributed by atoms with Crippen LogP contribution in [0, 0.1) is 0 Å². The second kappa shape index (κ2) is 6.63. The number of urea groups is 1. The normalized spacial score (nSPS) is 10.9. The van der Waals surface area contributed by atoms with Crippen LogP contribution in [0.25, 0.3) is 0 Å². The van der Waals surface area contributed by atoms with Crippen molar-refractivity contribution in [2.75, 3.05) is 11.9 Å². The summed E-state index contributed by atoms with van der Waals surface area (Å²) in [7, 11) is 0. The van der Waals surface area contributed by atoms with Crippen molar-refractivity contribution < 1.29 is 14.7 Å². The third-order valence-corrected chi connectivity index (χ3v) is 3.06. The number of hydrogen-bond acceptors (Lipinski definition) is 2. The Morgan fingerprint density at radius 3 is 2.52 bits per heavy atom. The van der Waals surface area contributed by atoms with Gasteiger partial charge in [0.25, 0.3) is 0 Å². The smallest absolute Gasteiger partial charge is 0.337 e. The minimum Gasteiger partial charge on any atom is -0.478 e. The molecule has 21 heavy (non-hydrogen) atoms. The first-order valence-corrected chi connectivity index (χ1v) is 6.77. The number of carbonyl (C=O) groups is 2. The molecule has 114 valence electrons. The van der Waals surface area contributed by atoms with Gasteiger partial charge in [0, 0.05) is 17.1 Å². The van der Waals surface area contributed by atoms with Crippen molar-refractivity contribution in [3.63, 3.8) is 0 Å². The molecule has 6 heteroatoms. The van der Waals surface area contributed by atoms with Crippen LogP contribution in [0.1, 0.15) is 31.1 Å². The van der Waals surface area contributed by atoms with E-state index in [0.29, 0.717) is 11.6 Å². The van der Waals surface area contributed by atoms with E-state index in [9.17, 15) is 9.59 Å². The van der Waals surface area contributed by atoms with Gasteiger partial charge in [-0.3, -0.25) is 0 Å². The van der Waals surface area contributed by atoms with E-state index in [-0.39, 0.29) is 11.3 Å². The quantitative estimate of drug-likeness (QED) is 0.830. The molecule has 0 aromatic heterocycles. The first-order valence-electron chi connectivity index (χ1n) is 6.39. The van der Waals surface area contributed by atoms with Crippen molar-refractivity contribution in [2.24, 2.45) is 0 Å². The Hall–Kier alpha value is -2.01. The van der Waals surface area contributed by atoms with Gasteiger partial charge in [-0.2, -0.15) is 0 Å². The fourth-order valence-corrected chi connectivity index (χ4v) is 1.95. The van der Waals surface area contributed by atoms with E-state index < -0.39 is 17.5 Å². The Balaban J connectivity index is 3.09. The van der Waals surface area contributed by atoms with E-state index >= 15 is 0 Å². The van der Waals surface area contributed by atoms with Crippen LogP contribution < -0.4 is 5.32 Å². The molecule has 0 fully saturated rings. The molecular weight excluding hydrogens is 292 g/mol. The molecule has 2 amide bonds. The van der Waals surface area contributed by atoms with Crippen LogP contribution in [-0.2, 0) is 0 Å². The summed E-state index contributed by atoms with van der Waals surface area (Å²) in [5, 5.41) is 12.1. The van der Waals surface area contributed by atoms with Crippen LogP contribution >= 0.6 is 11.6 Å². The Kier molecular flexibility index (Phi) is 5.38. The molecule has 0 heterocycles. The highest BCUT2D eigenvalue weighted by atomic mass is 35.5. The first kappa shape index (κ1) is 17.0. The summed E-state index contributed by atoms with van der Waals surface area (Å²) in [5.41, 5.74) is -0.279. The Labute approximate surface area is 129 Å².